The number of allylic oxidation sites excluding steroid dienone is 5. The summed E-state index contributed by atoms with van der Waals surface area (Å²) in [5, 5.41) is 23.2. The molecule has 0 fully saturated rings. The molecule has 3 N–H and O–H groups in total. The Labute approximate surface area is 538 Å². The lowest BCUT2D eigenvalue weighted by Crippen LogP contribution is -2.45. The Morgan fingerprint density at radius 1 is 0.326 bits per heavy atom. The van der Waals surface area contributed by atoms with Crippen LogP contribution in [0.25, 0.3) is 0 Å². The largest absolute Gasteiger partial charge is 0.466 e. The Bertz CT molecular complexity index is 1390. The van der Waals surface area contributed by atoms with Crippen molar-refractivity contribution in [3.05, 3.63) is 36.5 Å². The maximum Gasteiger partial charge on any atom is 0.305 e. The van der Waals surface area contributed by atoms with Crippen LogP contribution in [0.2, 0.25) is 0 Å². The number of carbonyl (C=O) groups excluding carboxylic acids is 2. The van der Waals surface area contributed by atoms with Gasteiger partial charge >= 0.3 is 5.97 Å². The molecular formula is C80H153NO5. The molecule has 0 spiro atoms. The molecule has 6 nitrogen and oxygen atoms in total. The lowest BCUT2D eigenvalue weighted by molar-refractivity contribution is -0.143. The smallest absolute Gasteiger partial charge is 0.305 e. The third-order valence-electron chi connectivity index (χ3n) is 18.4. The number of aliphatic hydroxyl groups excluding tert-OH is 2. The van der Waals surface area contributed by atoms with Crippen molar-refractivity contribution >= 4 is 11.9 Å². The number of ether oxygens (including phenoxy) is 1. The van der Waals surface area contributed by atoms with Crippen molar-refractivity contribution in [1.82, 2.24) is 5.32 Å². The number of nitrogens with one attached hydrogen (secondary N) is 1. The van der Waals surface area contributed by atoms with Gasteiger partial charge in [-0.25, -0.2) is 0 Å². The molecule has 0 aromatic heterocycles. The number of hydrogen-bond donors (Lipinski definition) is 3. The monoisotopic (exact) mass is 1210 g/mol. The maximum atomic E-state index is 12.5. The zero-order chi connectivity index (χ0) is 62.0. The van der Waals surface area contributed by atoms with E-state index >= 15 is 0 Å². The Kier molecular flexibility index (Phi) is 73.9. The van der Waals surface area contributed by atoms with Crippen molar-refractivity contribution < 1.29 is 24.5 Å². The van der Waals surface area contributed by atoms with E-state index < -0.39 is 12.1 Å². The number of rotatable bonds is 74. The van der Waals surface area contributed by atoms with E-state index in [1.54, 1.807) is 6.08 Å². The first-order valence-corrected chi connectivity index (χ1v) is 39.3. The highest BCUT2D eigenvalue weighted by atomic mass is 16.5. The van der Waals surface area contributed by atoms with Gasteiger partial charge in [-0.05, 0) is 64.2 Å². The van der Waals surface area contributed by atoms with Crippen LogP contribution < -0.4 is 5.32 Å². The van der Waals surface area contributed by atoms with Gasteiger partial charge in [0.1, 0.15) is 0 Å². The molecule has 0 radical (unpaired) electrons. The van der Waals surface area contributed by atoms with Crippen LogP contribution in [0.4, 0.5) is 0 Å². The molecule has 0 aromatic carbocycles. The summed E-state index contributed by atoms with van der Waals surface area (Å²) in [7, 11) is 0. The molecule has 0 aliphatic carbocycles. The second kappa shape index (κ2) is 75.5. The Morgan fingerprint density at radius 2 is 0.581 bits per heavy atom. The molecule has 0 heterocycles. The second-order valence-electron chi connectivity index (χ2n) is 27.0. The van der Waals surface area contributed by atoms with Crippen molar-refractivity contribution in [2.24, 2.45) is 0 Å². The summed E-state index contributed by atoms with van der Waals surface area (Å²) in [4.78, 5) is 24.6. The van der Waals surface area contributed by atoms with Crippen LogP contribution in [-0.4, -0.2) is 47.4 Å². The van der Waals surface area contributed by atoms with Crippen LogP contribution in [-0.2, 0) is 14.3 Å². The quantitative estimate of drug-likeness (QED) is 0.0320. The molecule has 0 aromatic rings. The highest BCUT2D eigenvalue weighted by Crippen LogP contribution is 2.20. The number of unbranched alkanes of at least 4 members (excludes halogenated alkanes) is 59. The van der Waals surface area contributed by atoms with Gasteiger partial charge < -0.3 is 20.3 Å². The Morgan fingerprint density at radius 3 is 0.895 bits per heavy atom. The molecule has 2 unspecified atom stereocenters. The predicted molar refractivity (Wildman–Crippen MR) is 379 cm³/mol. The van der Waals surface area contributed by atoms with Crippen LogP contribution >= 0.6 is 0 Å². The van der Waals surface area contributed by atoms with E-state index in [2.05, 4.69) is 43.5 Å². The lowest BCUT2D eigenvalue weighted by atomic mass is 10.0. The molecule has 6 heteroatoms. The molecule has 86 heavy (non-hydrogen) atoms. The number of hydrogen-bond acceptors (Lipinski definition) is 5. The fraction of sp³-hybridized carbons (Fsp3) is 0.900. The van der Waals surface area contributed by atoms with Crippen LogP contribution in [0.1, 0.15) is 438 Å². The van der Waals surface area contributed by atoms with Crippen molar-refractivity contribution in [2.75, 3.05) is 13.2 Å². The molecule has 0 rings (SSSR count). The minimum Gasteiger partial charge on any atom is -0.466 e. The highest BCUT2D eigenvalue weighted by molar-refractivity contribution is 5.76. The summed E-state index contributed by atoms with van der Waals surface area (Å²) in [6.07, 6.45) is 98.3. The van der Waals surface area contributed by atoms with E-state index in [4.69, 9.17) is 4.74 Å². The van der Waals surface area contributed by atoms with Gasteiger partial charge in [-0.1, -0.05) is 397 Å². The zero-order valence-electron chi connectivity index (χ0n) is 58.3. The molecule has 0 saturated heterocycles. The first-order valence-electron chi connectivity index (χ1n) is 39.3. The molecule has 2 atom stereocenters. The van der Waals surface area contributed by atoms with Crippen molar-refractivity contribution in [3.8, 4) is 0 Å². The number of amides is 1. The van der Waals surface area contributed by atoms with Gasteiger partial charge in [0.05, 0.1) is 25.4 Å². The third kappa shape index (κ3) is 71.2. The summed E-state index contributed by atoms with van der Waals surface area (Å²) < 4.78 is 5.51. The minimum atomic E-state index is -0.842. The average Bonchev–Trinajstić information content (AvgIpc) is 3.54. The molecule has 0 saturated carbocycles. The van der Waals surface area contributed by atoms with Gasteiger partial charge in [-0.3, -0.25) is 9.59 Å². The fourth-order valence-corrected chi connectivity index (χ4v) is 12.4. The molecule has 508 valence electrons. The lowest BCUT2D eigenvalue weighted by Gasteiger charge is -2.20. The van der Waals surface area contributed by atoms with Gasteiger partial charge in [0.25, 0.3) is 0 Å². The summed E-state index contributed by atoms with van der Waals surface area (Å²) in [5.74, 6) is -0.0447. The second-order valence-corrected chi connectivity index (χ2v) is 27.0. The van der Waals surface area contributed by atoms with Gasteiger partial charge in [0.15, 0.2) is 0 Å². The topological polar surface area (TPSA) is 95.9 Å². The van der Waals surface area contributed by atoms with E-state index in [0.717, 1.165) is 51.4 Å². The first kappa shape index (κ1) is 84.1. The summed E-state index contributed by atoms with van der Waals surface area (Å²) >= 11 is 0. The van der Waals surface area contributed by atoms with Crippen molar-refractivity contribution in [3.63, 3.8) is 0 Å². The normalized spacial score (nSPS) is 12.7. The van der Waals surface area contributed by atoms with Crippen LogP contribution in [0.5, 0.6) is 0 Å². The van der Waals surface area contributed by atoms with Gasteiger partial charge in [-0.15, -0.1) is 0 Å². The van der Waals surface area contributed by atoms with Crippen molar-refractivity contribution in [2.45, 2.75) is 450 Å². The average molecular weight is 1210 g/mol. The van der Waals surface area contributed by atoms with E-state index in [1.165, 1.54) is 360 Å². The summed E-state index contributed by atoms with van der Waals surface area (Å²) in [5.41, 5.74) is 0. The molecule has 1 amide bonds. The van der Waals surface area contributed by atoms with E-state index in [-0.39, 0.29) is 18.5 Å². The summed E-state index contributed by atoms with van der Waals surface area (Å²) in [6.45, 7) is 4.93. The number of esters is 1. The SMILES string of the molecule is CCCCCC/C=C\C/C=C\CCCCCCCCCC(=O)OCCCCCCCCCCCCCCCCCCCCCCCCCCCCCCCCCCCC(=O)NC(CO)C(O)/C=C/CCCCCCCCCCCCCCCCCC. The predicted octanol–water partition coefficient (Wildman–Crippen LogP) is 25.8. The maximum absolute atomic E-state index is 12.5. The summed E-state index contributed by atoms with van der Waals surface area (Å²) in [6, 6.07) is -0.625. The first-order chi connectivity index (χ1) is 42.5. The Hall–Kier alpha value is -1.92. The number of carbonyl (C=O) groups is 2. The molecule has 0 aliphatic rings. The van der Waals surface area contributed by atoms with Crippen LogP contribution in [0, 0.1) is 0 Å². The van der Waals surface area contributed by atoms with Crippen LogP contribution in [0.3, 0.4) is 0 Å². The van der Waals surface area contributed by atoms with Crippen molar-refractivity contribution in [1.29, 1.82) is 0 Å². The number of aliphatic hydroxyl groups is 2. The highest BCUT2D eigenvalue weighted by Gasteiger charge is 2.18. The van der Waals surface area contributed by atoms with Gasteiger partial charge in [0.2, 0.25) is 5.91 Å². The molecular weight excluding hydrogens is 1050 g/mol. The van der Waals surface area contributed by atoms with E-state index in [0.29, 0.717) is 19.4 Å². The minimum absolute atomic E-state index is 0.0148. The Balaban J connectivity index is 3.33. The fourth-order valence-electron chi connectivity index (χ4n) is 12.4. The van der Waals surface area contributed by atoms with Gasteiger partial charge in [0, 0.05) is 12.8 Å². The molecule has 0 bridgehead atoms. The standard InChI is InChI=1S/C80H153NO5/c1-3-5-7-9-11-13-15-17-19-21-40-44-48-52-56-60-64-68-72-78(83)77(76-82)81-79(84)73-69-65-61-57-53-49-45-41-38-36-34-32-30-28-26-24-23-25-27-29-31-33-35-37-39-43-47-51-55-59-63-67-71-75-86-80(85)74-70-66-62-58-54-50-46-42-22-20-18-16-14-12-10-8-6-4-2/h14,16,20,22,68,72,77-78,82-83H,3-13,15,17-19,21,23-67,69-71,73-76H2,1-2H3,(H,81,84)/b16-14-,22-20-,72-68+. The van der Waals surface area contributed by atoms with E-state index in [9.17, 15) is 19.8 Å². The van der Waals surface area contributed by atoms with Crippen LogP contribution in [0.15, 0.2) is 36.5 Å². The van der Waals surface area contributed by atoms with Gasteiger partial charge in [-0.2, -0.15) is 0 Å². The van der Waals surface area contributed by atoms with E-state index in [1.807, 2.05) is 6.08 Å². The third-order valence-corrected chi connectivity index (χ3v) is 18.4. The molecule has 0 aliphatic heterocycles. The zero-order valence-corrected chi connectivity index (χ0v) is 58.3.